The van der Waals surface area contributed by atoms with E-state index in [1.54, 1.807) is 13.0 Å². The summed E-state index contributed by atoms with van der Waals surface area (Å²) in [5.74, 6) is -1.27. The maximum Gasteiger partial charge on any atom is 0.309 e. The zero-order chi connectivity index (χ0) is 20.7. The minimum absolute atomic E-state index is 0.0521. The molecule has 0 aliphatic carbocycles. The molecule has 1 aromatic carbocycles. The van der Waals surface area contributed by atoms with E-state index in [2.05, 4.69) is 10.6 Å². The van der Waals surface area contributed by atoms with Crippen molar-refractivity contribution >= 4 is 21.8 Å². The largest absolute Gasteiger partial charge is 0.496 e. The molecule has 156 valence electrons. The molecule has 1 aliphatic heterocycles. The number of aliphatic hydroxyl groups excluding tert-OH is 1. The number of hydrogen-bond donors (Lipinski definition) is 3. The highest BCUT2D eigenvalue weighted by atomic mass is 32.2. The average Bonchev–Trinajstić information content (AvgIpc) is 2.70. The van der Waals surface area contributed by atoms with Crippen LogP contribution in [-0.2, 0) is 24.3 Å². The fraction of sp³-hybridized carbons (Fsp3) is 0.529. The first-order chi connectivity index (χ1) is 13.3. The van der Waals surface area contributed by atoms with E-state index >= 15 is 0 Å². The molecule has 10 nitrogen and oxygen atoms in total. The SMILES string of the molecule is COc1ccc(S(=O)(=O)N2CCCOC2CNC(=O)C(=O)NCCO)cc1C. The first-order valence-electron chi connectivity index (χ1n) is 8.76. The van der Waals surface area contributed by atoms with E-state index in [9.17, 15) is 18.0 Å². The zero-order valence-electron chi connectivity index (χ0n) is 15.8. The third-order valence-electron chi connectivity index (χ3n) is 4.17. The predicted octanol–water partition coefficient (Wildman–Crippen LogP) is -1.03. The fourth-order valence-electron chi connectivity index (χ4n) is 2.76. The Labute approximate surface area is 163 Å². The lowest BCUT2D eigenvalue weighted by Crippen LogP contribution is -2.53. The summed E-state index contributed by atoms with van der Waals surface area (Å²) < 4.78 is 38.0. The van der Waals surface area contributed by atoms with Gasteiger partial charge >= 0.3 is 11.8 Å². The Bertz CT molecular complexity index is 813. The van der Waals surface area contributed by atoms with Crippen molar-refractivity contribution in [3.05, 3.63) is 23.8 Å². The molecular formula is C17H25N3O7S. The van der Waals surface area contributed by atoms with E-state index in [-0.39, 0.29) is 31.1 Å². The van der Waals surface area contributed by atoms with Gasteiger partial charge in [-0.1, -0.05) is 0 Å². The predicted molar refractivity (Wildman–Crippen MR) is 99.1 cm³/mol. The molecule has 0 spiro atoms. The van der Waals surface area contributed by atoms with Crippen molar-refractivity contribution in [3.8, 4) is 5.75 Å². The molecule has 0 bridgehead atoms. The van der Waals surface area contributed by atoms with E-state index in [1.807, 2.05) is 0 Å². The zero-order valence-corrected chi connectivity index (χ0v) is 16.6. The first kappa shape index (κ1) is 22.1. The van der Waals surface area contributed by atoms with Gasteiger partial charge in [-0.15, -0.1) is 0 Å². The number of sulfonamides is 1. The van der Waals surface area contributed by atoms with Crippen LogP contribution < -0.4 is 15.4 Å². The van der Waals surface area contributed by atoms with Crippen molar-refractivity contribution in [1.29, 1.82) is 0 Å². The Kier molecular flexibility index (Phi) is 7.75. The van der Waals surface area contributed by atoms with Crippen LogP contribution >= 0.6 is 0 Å². The maximum atomic E-state index is 13.1. The number of benzene rings is 1. The van der Waals surface area contributed by atoms with Gasteiger partial charge in [0.2, 0.25) is 10.0 Å². The van der Waals surface area contributed by atoms with Gasteiger partial charge in [-0.25, -0.2) is 8.42 Å². The monoisotopic (exact) mass is 415 g/mol. The van der Waals surface area contributed by atoms with Gasteiger partial charge in [0.1, 0.15) is 12.0 Å². The van der Waals surface area contributed by atoms with Gasteiger partial charge in [-0.3, -0.25) is 9.59 Å². The molecule has 1 aromatic rings. The number of amides is 2. The van der Waals surface area contributed by atoms with E-state index in [4.69, 9.17) is 14.6 Å². The van der Waals surface area contributed by atoms with Crippen molar-refractivity contribution in [3.63, 3.8) is 0 Å². The van der Waals surface area contributed by atoms with Crippen LogP contribution in [0.25, 0.3) is 0 Å². The standard InChI is InChI=1S/C17H25N3O7S/c1-12-10-13(4-5-14(12)26-2)28(24,25)20-7-3-9-27-15(20)11-19-17(23)16(22)18-6-8-21/h4-5,10,15,21H,3,6-9,11H2,1-2H3,(H,18,22)(H,19,23). The number of aryl methyl sites for hydroxylation is 1. The molecular weight excluding hydrogens is 390 g/mol. The molecule has 1 aliphatic rings. The van der Waals surface area contributed by atoms with E-state index in [1.165, 1.54) is 23.5 Å². The smallest absolute Gasteiger partial charge is 0.309 e. The van der Waals surface area contributed by atoms with Crippen molar-refractivity contribution in [2.24, 2.45) is 0 Å². The number of methoxy groups -OCH3 is 1. The second kappa shape index (κ2) is 9.82. The molecule has 2 rings (SSSR count). The number of carbonyl (C=O) groups is 2. The molecule has 1 atom stereocenters. The van der Waals surface area contributed by atoms with Crippen molar-refractivity contribution in [1.82, 2.24) is 14.9 Å². The lowest BCUT2D eigenvalue weighted by Gasteiger charge is -2.34. The van der Waals surface area contributed by atoms with Gasteiger partial charge in [0.15, 0.2) is 0 Å². The molecule has 1 heterocycles. The maximum absolute atomic E-state index is 13.1. The Morgan fingerprint density at radius 1 is 1.32 bits per heavy atom. The number of ether oxygens (including phenoxy) is 2. The second-order valence-electron chi connectivity index (χ2n) is 6.12. The topological polar surface area (TPSA) is 134 Å². The van der Waals surface area contributed by atoms with E-state index in [0.29, 0.717) is 24.3 Å². The van der Waals surface area contributed by atoms with Gasteiger partial charge in [-0.2, -0.15) is 4.31 Å². The van der Waals surface area contributed by atoms with Gasteiger partial charge < -0.3 is 25.2 Å². The van der Waals surface area contributed by atoms with Crippen molar-refractivity contribution in [2.75, 3.05) is 40.0 Å². The van der Waals surface area contributed by atoms with Crippen molar-refractivity contribution in [2.45, 2.75) is 24.5 Å². The van der Waals surface area contributed by atoms with Crippen LogP contribution in [0.2, 0.25) is 0 Å². The summed E-state index contributed by atoms with van der Waals surface area (Å²) in [4.78, 5) is 23.4. The molecule has 1 fully saturated rings. The Hall–Kier alpha value is -2.21. The summed E-state index contributed by atoms with van der Waals surface area (Å²) in [6.45, 7) is 1.78. The summed E-state index contributed by atoms with van der Waals surface area (Å²) in [5, 5.41) is 13.2. The van der Waals surface area contributed by atoms with Crippen LogP contribution in [0.1, 0.15) is 12.0 Å². The highest BCUT2D eigenvalue weighted by molar-refractivity contribution is 7.89. The van der Waals surface area contributed by atoms with Crippen molar-refractivity contribution < 1.29 is 32.6 Å². The summed E-state index contributed by atoms with van der Waals surface area (Å²) in [5.41, 5.74) is 0.673. The molecule has 2 amide bonds. The van der Waals surface area contributed by atoms with Crippen LogP contribution in [0.4, 0.5) is 0 Å². The normalized spacial score (nSPS) is 17.8. The van der Waals surface area contributed by atoms with Crippen LogP contribution in [0.5, 0.6) is 5.75 Å². The lowest BCUT2D eigenvalue weighted by molar-refractivity contribution is -0.140. The molecule has 0 aromatic heterocycles. The highest BCUT2D eigenvalue weighted by Crippen LogP contribution is 2.26. The van der Waals surface area contributed by atoms with Crippen LogP contribution in [0, 0.1) is 6.92 Å². The molecule has 0 radical (unpaired) electrons. The number of aliphatic hydroxyl groups is 1. The summed E-state index contributed by atoms with van der Waals surface area (Å²) in [6.07, 6.45) is -0.425. The van der Waals surface area contributed by atoms with Crippen LogP contribution in [0.15, 0.2) is 23.1 Å². The number of nitrogens with zero attached hydrogens (tertiary/aromatic N) is 1. The van der Waals surface area contributed by atoms with E-state index in [0.717, 1.165) is 0 Å². The molecule has 3 N–H and O–H groups in total. The lowest BCUT2D eigenvalue weighted by atomic mass is 10.2. The Morgan fingerprint density at radius 2 is 2.04 bits per heavy atom. The number of hydrogen-bond acceptors (Lipinski definition) is 7. The summed E-state index contributed by atoms with van der Waals surface area (Å²) >= 11 is 0. The van der Waals surface area contributed by atoms with E-state index < -0.39 is 28.1 Å². The Balaban J connectivity index is 2.12. The highest BCUT2D eigenvalue weighted by Gasteiger charge is 2.35. The molecule has 1 unspecified atom stereocenters. The first-order valence-corrected chi connectivity index (χ1v) is 10.2. The minimum Gasteiger partial charge on any atom is -0.496 e. The fourth-order valence-corrected chi connectivity index (χ4v) is 4.41. The molecule has 1 saturated heterocycles. The Morgan fingerprint density at radius 3 is 2.68 bits per heavy atom. The quantitative estimate of drug-likeness (QED) is 0.485. The minimum atomic E-state index is -3.87. The average molecular weight is 415 g/mol. The summed E-state index contributed by atoms with van der Waals surface area (Å²) in [7, 11) is -2.37. The third-order valence-corrected chi connectivity index (χ3v) is 6.05. The van der Waals surface area contributed by atoms with Crippen LogP contribution in [0.3, 0.4) is 0 Å². The van der Waals surface area contributed by atoms with Crippen LogP contribution in [-0.4, -0.2) is 75.8 Å². The van der Waals surface area contributed by atoms with Gasteiger partial charge in [0.25, 0.3) is 0 Å². The summed E-state index contributed by atoms with van der Waals surface area (Å²) in [6, 6.07) is 4.55. The molecule has 0 saturated carbocycles. The second-order valence-corrected chi connectivity index (χ2v) is 8.01. The van der Waals surface area contributed by atoms with Gasteiger partial charge in [0.05, 0.1) is 31.8 Å². The van der Waals surface area contributed by atoms with Gasteiger partial charge in [-0.05, 0) is 37.1 Å². The molecule has 11 heteroatoms. The van der Waals surface area contributed by atoms with Gasteiger partial charge in [0, 0.05) is 13.1 Å². The molecule has 28 heavy (non-hydrogen) atoms. The number of nitrogens with one attached hydrogen (secondary N) is 2. The number of rotatable bonds is 7. The third kappa shape index (κ3) is 5.19. The number of carbonyl (C=O) groups excluding carboxylic acids is 2.